The van der Waals surface area contributed by atoms with E-state index in [9.17, 15) is 19.2 Å². The first kappa shape index (κ1) is 51.5. The van der Waals surface area contributed by atoms with E-state index in [2.05, 4.69) is 49.0 Å². The van der Waals surface area contributed by atoms with Crippen LogP contribution < -0.4 is 0 Å². The summed E-state index contributed by atoms with van der Waals surface area (Å²) in [5.41, 5.74) is 7.61. The van der Waals surface area contributed by atoms with Gasteiger partial charge in [-0.25, -0.2) is 9.98 Å². The molecule has 0 bridgehead atoms. The summed E-state index contributed by atoms with van der Waals surface area (Å²) in [7, 11) is 0. The van der Waals surface area contributed by atoms with Gasteiger partial charge in [0.05, 0.1) is 26.4 Å². The van der Waals surface area contributed by atoms with Crippen molar-refractivity contribution in [3.8, 4) is 0 Å². The number of imide groups is 1. The number of furan rings is 4. The van der Waals surface area contributed by atoms with Crippen LogP contribution in [0.4, 0.5) is 16.2 Å². The van der Waals surface area contributed by atoms with Gasteiger partial charge in [0.25, 0.3) is 11.1 Å². The summed E-state index contributed by atoms with van der Waals surface area (Å²) in [6, 6.07) is 46.8. The highest BCUT2D eigenvalue weighted by Crippen LogP contribution is 2.38. The van der Waals surface area contributed by atoms with Crippen LogP contribution in [0.15, 0.2) is 197 Å². The first-order chi connectivity index (χ1) is 36.4. The fourth-order valence-corrected chi connectivity index (χ4v) is 11.7. The van der Waals surface area contributed by atoms with Crippen LogP contribution in [0.2, 0.25) is 0 Å². The summed E-state index contributed by atoms with van der Waals surface area (Å²) in [6.45, 7) is 3.60. The smallest absolute Gasteiger partial charge is 0.293 e. The standard InChI is InChI=1S/C23H18N2O3S2.C17H11NO2S.C9H7BrO2.C9H5BrO2/c1-13(2)25-22(26)20(30-23(25)27)11-16-9-15-7-8-17(12-19(15)28-16)29-21-10-14-5-3-4-6-18(14)24-21;19-10-13-7-12-5-6-14(9-16(12)20-13)21-17-8-11-3-1-2-4-15(11)18-17;2*10-7-2-1-6-3-8(5-11)12-9(6)4-7/h3-9,11-13H,10H2,1-2H3;1-7,9-10H,8H2;1-4,11H,5H2;1-5H/b20-11-;;;. The SMILES string of the molecule is CC(C)N1C(=O)S/C(=C\c2cc3ccc(SC4=Nc5ccccc5C4)cc3o2)C1=O.O=Cc1cc2ccc(Br)cc2o1.O=Cc1cc2ccc(SC3=Nc4ccccc4C3)cc2o1.OCc1cc2ccc(Br)cc2o1. The first-order valence-corrected chi connectivity index (χ1v) is 27.3. The maximum Gasteiger partial charge on any atom is 0.293 e. The van der Waals surface area contributed by atoms with Crippen LogP contribution in [0.1, 0.15) is 57.6 Å². The van der Waals surface area contributed by atoms with E-state index in [1.54, 1.807) is 41.7 Å². The van der Waals surface area contributed by atoms with E-state index in [1.807, 2.05) is 135 Å². The molecule has 13 rings (SSSR count). The average Bonchev–Trinajstić information content (AvgIpc) is 4.29. The van der Waals surface area contributed by atoms with E-state index in [4.69, 9.17) is 27.8 Å². The Morgan fingerprint density at radius 3 is 1.53 bits per heavy atom. The molecule has 6 aromatic carbocycles. The number of aliphatic hydroxyl groups excluding tert-OH is 1. The second kappa shape index (κ2) is 22.9. The molecule has 1 fully saturated rings. The molecule has 12 nitrogen and oxygen atoms in total. The number of thioether (sulfide) groups is 3. The number of nitrogens with zero attached hydrogens (tertiary/aromatic N) is 3. The molecule has 17 heteroatoms. The monoisotopic (exact) mass is 1180 g/mol. The summed E-state index contributed by atoms with van der Waals surface area (Å²) in [5.74, 6) is 1.62. The predicted molar refractivity (Wildman–Crippen MR) is 306 cm³/mol. The lowest BCUT2D eigenvalue weighted by atomic mass is 10.2. The molecule has 3 aliphatic rings. The molecule has 0 unspecified atom stereocenters. The van der Waals surface area contributed by atoms with Crippen molar-refractivity contribution in [2.75, 3.05) is 0 Å². The number of hydrogen-bond donors (Lipinski definition) is 1. The van der Waals surface area contributed by atoms with Crippen LogP contribution in [0.3, 0.4) is 0 Å². The van der Waals surface area contributed by atoms with Gasteiger partial charge >= 0.3 is 0 Å². The lowest BCUT2D eigenvalue weighted by Crippen LogP contribution is -2.34. The van der Waals surface area contributed by atoms with Crippen molar-refractivity contribution >= 4 is 162 Å². The van der Waals surface area contributed by atoms with E-state index < -0.39 is 0 Å². The normalized spacial score (nSPS) is 14.1. The quantitative estimate of drug-likeness (QED) is 0.119. The number of hydrogen-bond acceptors (Lipinski definition) is 14. The summed E-state index contributed by atoms with van der Waals surface area (Å²) in [6.07, 6.45) is 4.79. The molecule has 1 N–H and O–H groups in total. The fraction of sp³-hybridized carbons (Fsp3) is 0.103. The van der Waals surface area contributed by atoms with Crippen LogP contribution in [0.25, 0.3) is 50.0 Å². The second-order valence-electron chi connectivity index (χ2n) is 17.3. The minimum absolute atomic E-state index is 0.0493. The van der Waals surface area contributed by atoms with Crippen molar-refractivity contribution in [2.24, 2.45) is 9.98 Å². The van der Waals surface area contributed by atoms with Crippen molar-refractivity contribution in [2.45, 2.75) is 49.1 Å². The molecule has 0 spiro atoms. The molecule has 2 amide bonds. The van der Waals surface area contributed by atoms with Gasteiger partial charge in [-0.1, -0.05) is 91.8 Å². The molecule has 75 heavy (non-hydrogen) atoms. The van der Waals surface area contributed by atoms with Crippen molar-refractivity contribution in [3.63, 3.8) is 0 Å². The predicted octanol–water partition coefficient (Wildman–Crippen LogP) is 16.6. The van der Waals surface area contributed by atoms with E-state index in [1.165, 1.54) is 16.0 Å². The van der Waals surface area contributed by atoms with Crippen molar-refractivity contribution in [1.82, 2.24) is 4.90 Å². The van der Waals surface area contributed by atoms with Crippen LogP contribution >= 0.6 is 67.1 Å². The second-order valence-corrected chi connectivity index (χ2v) is 22.4. The van der Waals surface area contributed by atoms with Gasteiger partial charge in [0.1, 0.15) is 40.5 Å². The summed E-state index contributed by atoms with van der Waals surface area (Å²) in [5, 5.41) is 14.6. The zero-order chi connectivity index (χ0) is 52.2. The first-order valence-electron chi connectivity index (χ1n) is 23.3. The number of aliphatic hydroxyl groups is 1. The molecule has 3 aliphatic heterocycles. The van der Waals surface area contributed by atoms with E-state index >= 15 is 0 Å². The summed E-state index contributed by atoms with van der Waals surface area (Å²) in [4.78, 5) is 58.8. The Morgan fingerprint density at radius 1 is 0.600 bits per heavy atom. The third kappa shape index (κ3) is 12.1. The highest BCUT2D eigenvalue weighted by molar-refractivity contribution is 9.10. The third-order valence-corrected chi connectivity index (χ3v) is 15.5. The van der Waals surface area contributed by atoms with E-state index in [0.29, 0.717) is 34.2 Å². The molecule has 10 aromatic rings. The van der Waals surface area contributed by atoms with Gasteiger partial charge in [-0.15, -0.1) is 0 Å². The number of aldehydes is 2. The van der Waals surface area contributed by atoms with Gasteiger partial charge in [0, 0.05) is 65.2 Å². The summed E-state index contributed by atoms with van der Waals surface area (Å²) >= 11 is 10.9. The molecular formula is C58H41Br2N3O9S3. The highest BCUT2D eigenvalue weighted by Gasteiger charge is 2.37. The topological polar surface area (TPSA) is 169 Å². The number of fused-ring (bicyclic) bond motifs is 6. The molecule has 7 heterocycles. The maximum atomic E-state index is 12.5. The number of carbonyl (C=O) groups excluding carboxylic acids is 4. The molecule has 0 radical (unpaired) electrons. The lowest BCUT2D eigenvalue weighted by molar-refractivity contribution is -0.123. The Kier molecular flexibility index (Phi) is 15.7. The highest BCUT2D eigenvalue weighted by atomic mass is 79.9. The number of rotatable bonds is 7. The van der Waals surface area contributed by atoms with Gasteiger partial charge in [0.15, 0.2) is 24.1 Å². The van der Waals surface area contributed by atoms with Crippen LogP contribution in [-0.4, -0.2) is 49.9 Å². The molecule has 374 valence electrons. The Labute approximate surface area is 458 Å². The van der Waals surface area contributed by atoms with Crippen LogP contribution in [0, 0.1) is 0 Å². The van der Waals surface area contributed by atoms with Crippen molar-refractivity contribution < 1.29 is 42.0 Å². The molecule has 4 aromatic heterocycles. The van der Waals surface area contributed by atoms with Gasteiger partial charge in [-0.3, -0.25) is 24.1 Å². The fourth-order valence-electron chi connectivity index (χ4n) is 8.20. The number of aliphatic imine (C=N–C) groups is 2. The van der Waals surface area contributed by atoms with Crippen LogP contribution in [0.5, 0.6) is 0 Å². The van der Waals surface area contributed by atoms with Crippen molar-refractivity contribution in [1.29, 1.82) is 0 Å². The lowest BCUT2D eigenvalue weighted by Gasteiger charge is -2.16. The minimum atomic E-state index is -0.268. The van der Waals surface area contributed by atoms with E-state index in [-0.39, 0.29) is 23.8 Å². The zero-order valence-electron chi connectivity index (χ0n) is 39.8. The number of amides is 2. The molecule has 0 saturated carbocycles. The molecule has 0 atom stereocenters. The largest absolute Gasteiger partial charge is 0.459 e. The van der Waals surface area contributed by atoms with Crippen molar-refractivity contribution in [3.05, 3.63) is 194 Å². The zero-order valence-corrected chi connectivity index (χ0v) is 45.4. The molecule has 1 saturated heterocycles. The Bertz CT molecular complexity index is 3940. The van der Waals surface area contributed by atoms with Gasteiger partial charge < -0.3 is 22.8 Å². The Balaban J connectivity index is 0.000000123. The number of benzene rings is 6. The van der Waals surface area contributed by atoms with Gasteiger partial charge in [0.2, 0.25) is 0 Å². The molecule has 0 aliphatic carbocycles. The molecular weight excluding hydrogens is 1140 g/mol. The van der Waals surface area contributed by atoms with Gasteiger partial charge in [-0.05, 0) is 146 Å². The number of para-hydroxylation sites is 2. The van der Waals surface area contributed by atoms with Crippen LogP contribution in [-0.2, 0) is 24.2 Å². The Hall–Kier alpha value is -6.99. The number of halogens is 2. The third-order valence-electron chi connectivity index (χ3n) is 11.7. The van der Waals surface area contributed by atoms with E-state index in [0.717, 1.165) is 115 Å². The number of carbonyl (C=O) groups is 4. The Morgan fingerprint density at radius 2 is 1.05 bits per heavy atom. The summed E-state index contributed by atoms with van der Waals surface area (Å²) < 4.78 is 23.9. The minimum Gasteiger partial charge on any atom is -0.459 e. The maximum absolute atomic E-state index is 12.5. The van der Waals surface area contributed by atoms with Gasteiger partial charge in [-0.2, -0.15) is 0 Å². The average molecular weight is 1180 g/mol.